The van der Waals surface area contributed by atoms with E-state index >= 15 is 0 Å². The van der Waals surface area contributed by atoms with E-state index in [4.69, 9.17) is 21.7 Å². The fourth-order valence-electron chi connectivity index (χ4n) is 3.67. The Morgan fingerprint density at radius 3 is 2.52 bits per heavy atom. The van der Waals surface area contributed by atoms with Gasteiger partial charge in [0.25, 0.3) is 11.6 Å². The number of nitro groups is 1. The second-order valence-corrected chi connectivity index (χ2v) is 7.68. The molecule has 1 saturated heterocycles. The fraction of sp³-hybridized carbons (Fsp3) is 0.333. The van der Waals surface area contributed by atoms with E-state index in [0.717, 1.165) is 32.4 Å². The van der Waals surface area contributed by atoms with Gasteiger partial charge in [-0.05, 0) is 55.7 Å². The van der Waals surface area contributed by atoms with Crippen molar-refractivity contribution in [2.45, 2.75) is 19.3 Å². The number of piperidine rings is 1. The van der Waals surface area contributed by atoms with Gasteiger partial charge in [-0.1, -0.05) is 0 Å². The lowest BCUT2D eigenvalue weighted by atomic mass is 10.1. The van der Waals surface area contributed by atoms with Gasteiger partial charge in [-0.15, -0.1) is 0 Å². The minimum Gasteiger partial charge on any atom is -0.486 e. The molecular weight excluding hydrogens is 420 g/mol. The third kappa shape index (κ3) is 4.85. The predicted molar refractivity (Wildman–Crippen MR) is 120 cm³/mol. The van der Waals surface area contributed by atoms with Crippen molar-refractivity contribution in [3.8, 4) is 11.5 Å². The molecule has 0 aromatic heterocycles. The predicted octanol–water partition coefficient (Wildman–Crippen LogP) is 3.48. The number of anilines is 2. The number of benzene rings is 2. The van der Waals surface area contributed by atoms with Gasteiger partial charge in [0.15, 0.2) is 16.6 Å². The van der Waals surface area contributed by atoms with E-state index in [1.54, 1.807) is 30.3 Å². The number of carbonyl (C=O) groups excluding carboxylic acids is 1. The molecule has 162 valence electrons. The number of hydrogen-bond acceptors (Lipinski definition) is 7. The lowest BCUT2D eigenvalue weighted by molar-refractivity contribution is -0.384. The minimum absolute atomic E-state index is 0.0736. The summed E-state index contributed by atoms with van der Waals surface area (Å²) in [4.78, 5) is 25.8. The number of nitrogens with one attached hydrogen (secondary N) is 2. The highest BCUT2D eigenvalue weighted by Crippen LogP contribution is 2.33. The molecule has 0 atom stereocenters. The highest BCUT2D eigenvalue weighted by atomic mass is 32.1. The molecule has 0 radical (unpaired) electrons. The SMILES string of the molecule is O=C(NC(=S)Nc1ccc2c(c1)OCCO2)c1ccc(N2CCCCC2)c([N+](=O)[O-])c1. The number of nitrogens with zero attached hydrogens (tertiary/aromatic N) is 2. The lowest BCUT2D eigenvalue weighted by Crippen LogP contribution is -2.34. The van der Waals surface area contributed by atoms with Crippen molar-refractivity contribution in [1.82, 2.24) is 5.32 Å². The summed E-state index contributed by atoms with van der Waals surface area (Å²) >= 11 is 5.22. The Kier molecular flexibility index (Phi) is 6.17. The van der Waals surface area contributed by atoms with Crippen LogP contribution in [0.2, 0.25) is 0 Å². The van der Waals surface area contributed by atoms with Crippen molar-refractivity contribution in [2.75, 3.05) is 36.5 Å². The van der Waals surface area contributed by atoms with Crippen LogP contribution in [-0.2, 0) is 0 Å². The smallest absolute Gasteiger partial charge is 0.293 e. The molecule has 2 N–H and O–H groups in total. The van der Waals surface area contributed by atoms with E-state index in [1.807, 2.05) is 4.90 Å². The van der Waals surface area contributed by atoms with Crippen LogP contribution in [-0.4, -0.2) is 42.2 Å². The van der Waals surface area contributed by atoms with Crippen LogP contribution in [0.1, 0.15) is 29.6 Å². The van der Waals surface area contributed by atoms with Crippen LogP contribution < -0.4 is 25.0 Å². The second kappa shape index (κ2) is 9.17. The zero-order valence-electron chi connectivity index (χ0n) is 16.8. The average Bonchev–Trinajstić information content (AvgIpc) is 2.79. The van der Waals surface area contributed by atoms with E-state index in [1.165, 1.54) is 6.07 Å². The van der Waals surface area contributed by atoms with Gasteiger partial charge in [-0.3, -0.25) is 20.2 Å². The summed E-state index contributed by atoms with van der Waals surface area (Å²) in [5.41, 5.74) is 1.25. The zero-order valence-corrected chi connectivity index (χ0v) is 17.6. The van der Waals surface area contributed by atoms with Gasteiger partial charge in [0.1, 0.15) is 18.9 Å². The highest BCUT2D eigenvalue weighted by molar-refractivity contribution is 7.80. The number of hydrogen-bond donors (Lipinski definition) is 2. The molecule has 2 aliphatic rings. The number of nitro benzene ring substituents is 1. The number of rotatable bonds is 4. The van der Waals surface area contributed by atoms with Crippen molar-refractivity contribution in [1.29, 1.82) is 0 Å². The molecule has 0 bridgehead atoms. The van der Waals surface area contributed by atoms with E-state index in [0.29, 0.717) is 36.1 Å². The highest BCUT2D eigenvalue weighted by Gasteiger charge is 2.23. The zero-order chi connectivity index (χ0) is 21.8. The number of thiocarbonyl (C=S) groups is 1. The van der Waals surface area contributed by atoms with Gasteiger partial charge in [-0.25, -0.2) is 0 Å². The summed E-state index contributed by atoms with van der Waals surface area (Å²) in [5.74, 6) is 0.713. The summed E-state index contributed by atoms with van der Waals surface area (Å²) in [6, 6.07) is 9.75. The lowest BCUT2D eigenvalue weighted by Gasteiger charge is -2.28. The molecule has 2 aromatic rings. The largest absolute Gasteiger partial charge is 0.486 e. The van der Waals surface area contributed by atoms with Crippen molar-refractivity contribution in [2.24, 2.45) is 0 Å². The molecule has 1 amide bonds. The van der Waals surface area contributed by atoms with E-state index in [2.05, 4.69) is 10.6 Å². The van der Waals surface area contributed by atoms with E-state index < -0.39 is 10.8 Å². The Balaban J connectivity index is 1.44. The molecule has 0 saturated carbocycles. The minimum atomic E-state index is -0.525. The Labute approximate surface area is 184 Å². The number of carbonyl (C=O) groups is 1. The molecule has 1 fully saturated rings. The summed E-state index contributed by atoms with van der Waals surface area (Å²) in [7, 11) is 0. The van der Waals surface area contributed by atoms with E-state index in [9.17, 15) is 14.9 Å². The van der Waals surface area contributed by atoms with Crippen molar-refractivity contribution in [3.63, 3.8) is 0 Å². The third-order valence-corrected chi connectivity index (χ3v) is 5.36. The van der Waals surface area contributed by atoms with Crippen LogP contribution in [0.25, 0.3) is 0 Å². The summed E-state index contributed by atoms with van der Waals surface area (Å²) in [5, 5.41) is 17.2. The maximum atomic E-state index is 12.6. The van der Waals surface area contributed by atoms with Gasteiger partial charge in [-0.2, -0.15) is 0 Å². The van der Waals surface area contributed by atoms with Gasteiger partial charge in [0, 0.05) is 36.5 Å². The van der Waals surface area contributed by atoms with Crippen molar-refractivity contribution >= 4 is 40.3 Å². The number of amides is 1. The quantitative estimate of drug-likeness (QED) is 0.421. The van der Waals surface area contributed by atoms with Crippen LogP contribution in [0.15, 0.2) is 36.4 Å². The molecule has 2 heterocycles. The van der Waals surface area contributed by atoms with Crippen LogP contribution in [0.3, 0.4) is 0 Å². The standard InChI is InChI=1S/C21H22N4O5S/c26-20(23-21(31)22-15-5-7-18-19(13-15)30-11-10-29-18)14-4-6-16(17(12-14)25(27)28)24-8-2-1-3-9-24/h4-7,12-13H,1-3,8-11H2,(H2,22,23,26,31). The van der Waals surface area contributed by atoms with Crippen LogP contribution >= 0.6 is 12.2 Å². The van der Waals surface area contributed by atoms with Gasteiger partial charge < -0.3 is 19.7 Å². The Morgan fingerprint density at radius 1 is 1.03 bits per heavy atom. The molecule has 10 heteroatoms. The molecule has 2 aliphatic heterocycles. The van der Waals surface area contributed by atoms with E-state index in [-0.39, 0.29) is 16.4 Å². The maximum Gasteiger partial charge on any atom is 0.293 e. The third-order valence-electron chi connectivity index (χ3n) is 5.16. The molecule has 31 heavy (non-hydrogen) atoms. The average molecular weight is 442 g/mol. The number of fused-ring (bicyclic) bond motifs is 1. The maximum absolute atomic E-state index is 12.6. The molecule has 4 rings (SSSR count). The summed E-state index contributed by atoms with van der Waals surface area (Å²) in [6.45, 7) is 2.51. The molecule has 0 spiro atoms. The van der Waals surface area contributed by atoms with Crippen LogP contribution in [0, 0.1) is 10.1 Å². The Bertz CT molecular complexity index is 1020. The van der Waals surface area contributed by atoms with Gasteiger partial charge in [0.2, 0.25) is 0 Å². The first-order valence-corrected chi connectivity index (χ1v) is 10.5. The second-order valence-electron chi connectivity index (χ2n) is 7.27. The molecule has 0 unspecified atom stereocenters. The van der Waals surface area contributed by atoms with Crippen molar-refractivity contribution in [3.05, 3.63) is 52.1 Å². The fourth-order valence-corrected chi connectivity index (χ4v) is 3.88. The van der Waals surface area contributed by atoms with Crippen LogP contribution in [0.4, 0.5) is 17.1 Å². The monoisotopic (exact) mass is 442 g/mol. The Morgan fingerprint density at radius 2 is 1.77 bits per heavy atom. The van der Waals surface area contributed by atoms with Crippen LogP contribution in [0.5, 0.6) is 11.5 Å². The number of ether oxygens (including phenoxy) is 2. The first-order valence-electron chi connectivity index (χ1n) is 10.1. The Hall–Kier alpha value is -3.40. The topological polar surface area (TPSA) is 106 Å². The van der Waals surface area contributed by atoms with Crippen molar-refractivity contribution < 1.29 is 19.2 Å². The summed E-state index contributed by atoms with van der Waals surface area (Å²) < 4.78 is 11.0. The molecule has 2 aromatic carbocycles. The van der Waals surface area contributed by atoms with Gasteiger partial charge >= 0.3 is 0 Å². The first-order chi connectivity index (χ1) is 15.0. The first kappa shape index (κ1) is 20.9. The molecular formula is C21H22N4O5S. The van der Waals surface area contributed by atoms with Gasteiger partial charge in [0.05, 0.1) is 4.92 Å². The summed E-state index contributed by atoms with van der Waals surface area (Å²) in [6.07, 6.45) is 3.12. The molecule has 9 nitrogen and oxygen atoms in total. The molecule has 0 aliphatic carbocycles. The normalized spacial score (nSPS) is 15.2.